The smallest absolute Gasteiger partial charge is 0.305 e. The van der Waals surface area contributed by atoms with Gasteiger partial charge in [0.15, 0.2) is 0 Å². The lowest BCUT2D eigenvalue weighted by molar-refractivity contribution is -0.143. The van der Waals surface area contributed by atoms with Crippen molar-refractivity contribution in [3.05, 3.63) is 48.6 Å². The predicted octanol–water partition coefficient (Wildman–Crippen LogP) is 23.3. The van der Waals surface area contributed by atoms with Crippen LogP contribution in [0.25, 0.3) is 0 Å². The summed E-state index contributed by atoms with van der Waals surface area (Å²) in [6.45, 7) is 4.91. The maximum Gasteiger partial charge on any atom is 0.305 e. The van der Waals surface area contributed by atoms with E-state index in [1.165, 1.54) is 308 Å². The molecular weight excluding hydrogens is 983 g/mol. The number of unbranched alkanes of at least 4 members (excludes halogenated alkanes) is 50. The second-order valence-electron chi connectivity index (χ2n) is 24.6. The highest BCUT2D eigenvalue weighted by Gasteiger charge is 2.18. The van der Waals surface area contributed by atoms with Crippen LogP contribution in [0.1, 0.15) is 386 Å². The highest BCUT2D eigenvalue weighted by atomic mass is 16.5. The lowest BCUT2D eigenvalue weighted by Gasteiger charge is -2.20. The molecule has 0 aromatic heterocycles. The van der Waals surface area contributed by atoms with Crippen molar-refractivity contribution in [3.63, 3.8) is 0 Å². The summed E-state index contributed by atoms with van der Waals surface area (Å²) in [6, 6.07) is -0.631. The predicted molar refractivity (Wildman–Crippen MR) is 352 cm³/mol. The molecule has 0 aliphatic heterocycles. The Morgan fingerprint density at radius 1 is 0.350 bits per heavy atom. The lowest BCUT2D eigenvalue weighted by Crippen LogP contribution is -2.45. The van der Waals surface area contributed by atoms with Crippen molar-refractivity contribution in [1.82, 2.24) is 5.32 Å². The minimum atomic E-state index is -0.847. The van der Waals surface area contributed by atoms with Gasteiger partial charge in [0, 0.05) is 12.8 Å². The first-order valence-electron chi connectivity index (χ1n) is 35.9. The van der Waals surface area contributed by atoms with Gasteiger partial charge in [-0.2, -0.15) is 0 Å². The first-order chi connectivity index (χ1) is 39.5. The fourth-order valence-corrected chi connectivity index (χ4v) is 11.1. The number of esters is 1. The average molecular weight is 1120 g/mol. The van der Waals surface area contributed by atoms with Gasteiger partial charge in [-0.05, 0) is 89.9 Å². The summed E-state index contributed by atoms with van der Waals surface area (Å²) in [5.74, 6) is -0.0569. The van der Waals surface area contributed by atoms with Gasteiger partial charge in [-0.1, -0.05) is 332 Å². The van der Waals surface area contributed by atoms with Crippen LogP contribution in [0.4, 0.5) is 0 Å². The van der Waals surface area contributed by atoms with E-state index in [9.17, 15) is 19.8 Å². The molecule has 3 N–H and O–H groups in total. The molecule has 0 saturated heterocycles. The van der Waals surface area contributed by atoms with E-state index < -0.39 is 12.1 Å². The van der Waals surface area contributed by atoms with Gasteiger partial charge >= 0.3 is 5.97 Å². The van der Waals surface area contributed by atoms with Crippen LogP contribution >= 0.6 is 0 Å². The largest absolute Gasteiger partial charge is 0.466 e. The third kappa shape index (κ3) is 65.0. The van der Waals surface area contributed by atoms with Gasteiger partial charge < -0.3 is 20.3 Å². The number of allylic oxidation sites excluding steroid dienone is 7. The van der Waals surface area contributed by atoms with Crippen molar-refractivity contribution in [2.24, 2.45) is 0 Å². The molecule has 6 heteroatoms. The van der Waals surface area contributed by atoms with Crippen LogP contribution in [0.3, 0.4) is 0 Å². The lowest BCUT2D eigenvalue weighted by atomic mass is 10.0. The molecule has 80 heavy (non-hydrogen) atoms. The number of amides is 1. The van der Waals surface area contributed by atoms with Crippen LogP contribution in [-0.4, -0.2) is 47.4 Å². The highest BCUT2D eigenvalue weighted by Crippen LogP contribution is 2.18. The molecule has 0 bridgehead atoms. The van der Waals surface area contributed by atoms with Crippen molar-refractivity contribution < 1.29 is 24.5 Å². The number of hydrogen-bond donors (Lipinski definition) is 3. The maximum absolute atomic E-state index is 12.5. The van der Waals surface area contributed by atoms with Gasteiger partial charge in [0.1, 0.15) is 0 Å². The molecule has 0 aliphatic carbocycles. The van der Waals surface area contributed by atoms with E-state index in [-0.39, 0.29) is 18.5 Å². The van der Waals surface area contributed by atoms with Crippen molar-refractivity contribution in [3.8, 4) is 0 Å². The van der Waals surface area contributed by atoms with E-state index in [1.54, 1.807) is 6.08 Å². The SMILES string of the molecule is CCCCC/C=C\C/C=C\CCCCCCCCCCCC(=O)OCCCCCCCCCCCCCC/C=C\CCCCCCCCCCCCC(=O)NC(CO)C(O)/C=C/CCCCCCCCCCCCCCCCCC. The molecule has 470 valence electrons. The molecule has 6 nitrogen and oxygen atoms in total. The highest BCUT2D eigenvalue weighted by molar-refractivity contribution is 5.76. The Kier molecular flexibility index (Phi) is 67.4. The standard InChI is InChI=1S/C74H139NO5/c1-3-5-7-9-11-13-15-17-19-21-31-36-40-44-48-52-56-60-64-68-74(79)80-69-65-61-57-53-49-45-41-37-33-30-28-26-24-23-25-27-29-32-35-39-43-47-51-55-59-63-67-73(78)75-71(70-76)72(77)66-62-58-54-50-46-42-38-34-22-20-18-16-14-12-10-8-6-4-2/h11,13,17,19,23,25,62,66,71-72,76-77H,3-10,12,14-16,18,20-22,24,26-61,63-65,67-70H2,1-2H3,(H,75,78)/b13-11-,19-17-,25-23-,66-62+. The number of aliphatic hydroxyl groups excluding tert-OH is 2. The molecule has 0 radical (unpaired) electrons. The van der Waals surface area contributed by atoms with E-state index in [4.69, 9.17) is 4.74 Å². The van der Waals surface area contributed by atoms with Gasteiger partial charge in [0.05, 0.1) is 25.4 Å². The van der Waals surface area contributed by atoms with E-state index in [0.29, 0.717) is 19.4 Å². The molecule has 2 atom stereocenters. The molecule has 0 aromatic rings. The van der Waals surface area contributed by atoms with Crippen LogP contribution in [-0.2, 0) is 14.3 Å². The average Bonchev–Trinajstić information content (AvgIpc) is 3.46. The zero-order valence-electron chi connectivity index (χ0n) is 53.8. The number of carbonyl (C=O) groups excluding carboxylic acids is 2. The quantitative estimate of drug-likeness (QED) is 0.0320. The summed E-state index contributed by atoms with van der Waals surface area (Å²) in [6.07, 6.45) is 90.4. The molecule has 0 rings (SSSR count). The van der Waals surface area contributed by atoms with E-state index in [2.05, 4.69) is 55.6 Å². The Balaban J connectivity index is 3.40. The van der Waals surface area contributed by atoms with Crippen molar-refractivity contribution >= 4 is 11.9 Å². The van der Waals surface area contributed by atoms with E-state index >= 15 is 0 Å². The van der Waals surface area contributed by atoms with Crippen molar-refractivity contribution in [2.45, 2.75) is 398 Å². The van der Waals surface area contributed by atoms with Gasteiger partial charge in [0.2, 0.25) is 5.91 Å². The van der Waals surface area contributed by atoms with E-state index in [1.807, 2.05) is 6.08 Å². The van der Waals surface area contributed by atoms with Gasteiger partial charge in [0.25, 0.3) is 0 Å². The number of nitrogens with one attached hydrogen (secondary N) is 1. The monoisotopic (exact) mass is 1120 g/mol. The van der Waals surface area contributed by atoms with Crippen molar-refractivity contribution in [2.75, 3.05) is 13.2 Å². The topological polar surface area (TPSA) is 95.9 Å². The summed E-state index contributed by atoms with van der Waals surface area (Å²) in [5, 5.41) is 23.2. The normalized spacial score (nSPS) is 12.8. The number of hydrogen-bond acceptors (Lipinski definition) is 5. The maximum atomic E-state index is 12.5. The molecule has 0 saturated carbocycles. The fraction of sp³-hybridized carbons (Fsp3) is 0.865. The Morgan fingerprint density at radius 2 is 0.625 bits per heavy atom. The molecule has 0 spiro atoms. The van der Waals surface area contributed by atoms with Crippen LogP contribution in [0, 0.1) is 0 Å². The summed E-state index contributed by atoms with van der Waals surface area (Å²) >= 11 is 0. The summed E-state index contributed by atoms with van der Waals surface area (Å²) in [5.41, 5.74) is 0. The second kappa shape index (κ2) is 69.3. The molecule has 0 aromatic carbocycles. The number of aliphatic hydroxyl groups is 2. The van der Waals surface area contributed by atoms with Gasteiger partial charge in [-0.3, -0.25) is 9.59 Å². The first kappa shape index (κ1) is 77.8. The Bertz CT molecular complexity index is 1340. The fourth-order valence-electron chi connectivity index (χ4n) is 11.1. The number of ether oxygens (including phenoxy) is 1. The zero-order chi connectivity index (χ0) is 57.8. The molecule has 1 amide bonds. The molecule has 2 unspecified atom stereocenters. The second-order valence-corrected chi connectivity index (χ2v) is 24.6. The van der Waals surface area contributed by atoms with Gasteiger partial charge in [-0.25, -0.2) is 0 Å². The summed E-state index contributed by atoms with van der Waals surface area (Å²) in [4.78, 5) is 24.6. The van der Waals surface area contributed by atoms with Crippen LogP contribution in [0.15, 0.2) is 48.6 Å². The Labute approximate surface area is 499 Å². The molecule has 0 aliphatic rings. The van der Waals surface area contributed by atoms with E-state index in [0.717, 1.165) is 51.4 Å². The molecular formula is C74H139NO5. The van der Waals surface area contributed by atoms with Crippen LogP contribution < -0.4 is 5.32 Å². The first-order valence-corrected chi connectivity index (χ1v) is 35.9. The minimum Gasteiger partial charge on any atom is -0.466 e. The number of carbonyl (C=O) groups is 2. The van der Waals surface area contributed by atoms with Gasteiger partial charge in [-0.15, -0.1) is 0 Å². The zero-order valence-corrected chi connectivity index (χ0v) is 53.8. The Morgan fingerprint density at radius 3 is 0.988 bits per heavy atom. The molecule has 0 fully saturated rings. The van der Waals surface area contributed by atoms with Crippen LogP contribution in [0.5, 0.6) is 0 Å². The minimum absolute atomic E-state index is 0.0104. The third-order valence-corrected chi connectivity index (χ3v) is 16.6. The summed E-state index contributed by atoms with van der Waals surface area (Å²) in [7, 11) is 0. The van der Waals surface area contributed by atoms with Crippen LogP contribution in [0.2, 0.25) is 0 Å². The third-order valence-electron chi connectivity index (χ3n) is 16.6. The molecule has 0 heterocycles. The Hall–Kier alpha value is -2.18. The summed E-state index contributed by atoms with van der Waals surface area (Å²) < 4.78 is 5.51. The number of rotatable bonds is 67. The van der Waals surface area contributed by atoms with Crippen molar-refractivity contribution in [1.29, 1.82) is 0 Å².